The second kappa shape index (κ2) is 8.55. The van der Waals surface area contributed by atoms with Crippen molar-refractivity contribution in [1.82, 2.24) is 33.9 Å². The molecule has 0 aromatic carbocycles. The summed E-state index contributed by atoms with van der Waals surface area (Å²) in [5.41, 5.74) is 6.17. The molecule has 5 aromatic rings. The number of rotatable bonds is 6. The lowest BCUT2D eigenvalue weighted by Crippen LogP contribution is -2.22. The molecule has 5 rings (SSSR count). The lowest BCUT2D eigenvalue weighted by atomic mass is 10.2. The Balaban J connectivity index is 1.26. The molecule has 5 heterocycles. The van der Waals surface area contributed by atoms with Crippen LogP contribution in [0.5, 0.6) is 0 Å². The normalized spacial score (nSPS) is 11.2. The number of hydrogen-bond donors (Lipinski definition) is 1. The number of nitrogens with zero attached hydrogens (tertiary/aromatic N) is 6. The zero-order chi connectivity index (χ0) is 22.9. The van der Waals surface area contributed by atoms with Crippen LogP contribution < -0.4 is 5.32 Å². The first-order chi connectivity index (χ1) is 15.9. The Labute approximate surface area is 195 Å². The first kappa shape index (κ1) is 21.0. The molecule has 0 radical (unpaired) electrons. The Morgan fingerprint density at radius 1 is 1.15 bits per heavy atom. The van der Waals surface area contributed by atoms with Crippen molar-refractivity contribution in [3.05, 3.63) is 94.7 Å². The van der Waals surface area contributed by atoms with E-state index in [0.717, 1.165) is 28.1 Å². The van der Waals surface area contributed by atoms with Gasteiger partial charge in [0.25, 0.3) is 5.91 Å². The van der Waals surface area contributed by atoms with Crippen molar-refractivity contribution in [3.8, 4) is 0 Å². The molecule has 166 valence electrons. The maximum Gasteiger partial charge on any atom is 0.254 e. The summed E-state index contributed by atoms with van der Waals surface area (Å²) < 4.78 is 5.57. The van der Waals surface area contributed by atoms with Crippen molar-refractivity contribution < 1.29 is 4.79 Å². The summed E-state index contributed by atoms with van der Waals surface area (Å²) >= 11 is 6.08. The number of carbonyl (C=O) groups is 1. The van der Waals surface area contributed by atoms with Gasteiger partial charge in [-0.05, 0) is 43.7 Å². The van der Waals surface area contributed by atoms with E-state index in [-0.39, 0.29) is 5.91 Å². The number of halogens is 1. The van der Waals surface area contributed by atoms with Gasteiger partial charge in [-0.1, -0.05) is 23.3 Å². The van der Waals surface area contributed by atoms with E-state index in [9.17, 15) is 4.79 Å². The van der Waals surface area contributed by atoms with E-state index in [1.165, 1.54) is 5.57 Å². The van der Waals surface area contributed by atoms with Gasteiger partial charge in [-0.15, -0.1) is 0 Å². The molecule has 0 atom stereocenters. The highest BCUT2D eigenvalue weighted by molar-refractivity contribution is 6.30. The number of allylic oxidation sites excluding steroid dienone is 1. The first-order valence-electron chi connectivity index (χ1n) is 10.5. The van der Waals surface area contributed by atoms with E-state index < -0.39 is 0 Å². The van der Waals surface area contributed by atoms with Crippen molar-refractivity contribution in [3.63, 3.8) is 0 Å². The Hall–Kier alpha value is -3.91. The molecule has 9 heteroatoms. The second-order valence-corrected chi connectivity index (χ2v) is 8.56. The standard InChI is InChI=1S/C24H22ClN7O/c1-16(2)7-17-3-4-23-29-20(13-31(23)11-17)14-32-12-18(9-28-32)24(33)26-10-21-22-8-19(25)5-6-30(22)15-27-21/h3-9,11-13,15H,10,14H2,1-2H3,(H,26,33). The molecule has 0 saturated heterocycles. The summed E-state index contributed by atoms with van der Waals surface area (Å²) in [5.74, 6) is -0.217. The number of aromatic nitrogens is 6. The van der Waals surface area contributed by atoms with Crippen LogP contribution >= 0.6 is 11.6 Å². The maximum atomic E-state index is 12.6. The van der Waals surface area contributed by atoms with Gasteiger partial charge in [-0.25, -0.2) is 9.97 Å². The van der Waals surface area contributed by atoms with Gasteiger partial charge in [0, 0.05) is 29.8 Å². The van der Waals surface area contributed by atoms with Gasteiger partial charge in [-0.2, -0.15) is 5.10 Å². The maximum absolute atomic E-state index is 12.6. The molecule has 8 nitrogen and oxygen atoms in total. The van der Waals surface area contributed by atoms with Gasteiger partial charge in [0.1, 0.15) is 5.65 Å². The van der Waals surface area contributed by atoms with E-state index in [4.69, 9.17) is 11.6 Å². The monoisotopic (exact) mass is 459 g/mol. The smallest absolute Gasteiger partial charge is 0.254 e. The van der Waals surface area contributed by atoms with E-state index in [2.05, 4.69) is 40.3 Å². The van der Waals surface area contributed by atoms with Crippen LogP contribution in [0.1, 0.15) is 41.2 Å². The van der Waals surface area contributed by atoms with Crippen molar-refractivity contribution in [2.75, 3.05) is 0 Å². The fourth-order valence-electron chi connectivity index (χ4n) is 3.71. The summed E-state index contributed by atoms with van der Waals surface area (Å²) in [4.78, 5) is 21.6. The molecule has 0 fully saturated rings. The van der Waals surface area contributed by atoms with Crippen LogP contribution in [-0.4, -0.2) is 34.5 Å². The van der Waals surface area contributed by atoms with Crippen LogP contribution in [0.4, 0.5) is 0 Å². The molecule has 0 aliphatic heterocycles. The largest absolute Gasteiger partial charge is 0.346 e. The molecule has 0 saturated carbocycles. The lowest BCUT2D eigenvalue weighted by molar-refractivity contribution is 0.0950. The van der Waals surface area contributed by atoms with Crippen LogP contribution in [0.2, 0.25) is 5.02 Å². The quantitative estimate of drug-likeness (QED) is 0.412. The first-order valence-corrected chi connectivity index (χ1v) is 10.9. The topological polar surface area (TPSA) is 81.5 Å². The molecule has 0 unspecified atom stereocenters. The van der Waals surface area contributed by atoms with E-state index in [1.54, 1.807) is 29.5 Å². The zero-order valence-electron chi connectivity index (χ0n) is 18.2. The van der Waals surface area contributed by atoms with E-state index >= 15 is 0 Å². The number of pyridine rings is 2. The van der Waals surface area contributed by atoms with Crippen molar-refractivity contribution in [2.45, 2.75) is 26.9 Å². The van der Waals surface area contributed by atoms with Crippen LogP contribution in [0.15, 0.2) is 67.2 Å². The summed E-state index contributed by atoms with van der Waals surface area (Å²) in [5, 5.41) is 7.85. The van der Waals surface area contributed by atoms with Gasteiger partial charge >= 0.3 is 0 Å². The van der Waals surface area contributed by atoms with Gasteiger partial charge in [-0.3, -0.25) is 9.48 Å². The van der Waals surface area contributed by atoms with E-state index in [1.807, 2.05) is 45.6 Å². The highest BCUT2D eigenvalue weighted by Crippen LogP contribution is 2.16. The molecule has 5 aromatic heterocycles. The Bertz CT molecular complexity index is 1500. The van der Waals surface area contributed by atoms with Gasteiger partial charge in [0.05, 0.1) is 48.1 Å². The van der Waals surface area contributed by atoms with Crippen molar-refractivity contribution >= 4 is 34.7 Å². The summed E-state index contributed by atoms with van der Waals surface area (Å²) in [6.07, 6.45) is 13.0. The number of fused-ring (bicyclic) bond motifs is 2. The molecule has 0 bridgehead atoms. The minimum atomic E-state index is -0.217. The molecule has 1 amide bonds. The van der Waals surface area contributed by atoms with Crippen molar-refractivity contribution in [1.29, 1.82) is 0 Å². The SMILES string of the molecule is CC(C)=Cc1ccc2nc(Cn3cc(C(=O)NCc4ncn5ccc(Cl)cc45)cn3)cn2c1. The molecular weight excluding hydrogens is 438 g/mol. The number of nitrogens with one attached hydrogen (secondary N) is 1. The van der Waals surface area contributed by atoms with Gasteiger partial charge in [0.15, 0.2) is 0 Å². The summed E-state index contributed by atoms with van der Waals surface area (Å²) in [6, 6.07) is 7.66. The minimum absolute atomic E-state index is 0.217. The third kappa shape index (κ3) is 4.51. The van der Waals surface area contributed by atoms with Crippen LogP contribution in [0.3, 0.4) is 0 Å². The Morgan fingerprint density at radius 2 is 2.03 bits per heavy atom. The zero-order valence-corrected chi connectivity index (χ0v) is 19.0. The van der Waals surface area contributed by atoms with E-state index in [0.29, 0.717) is 23.7 Å². The number of amides is 1. The number of hydrogen-bond acceptors (Lipinski definition) is 4. The predicted octanol–water partition coefficient (Wildman–Crippen LogP) is 4.23. The van der Waals surface area contributed by atoms with Gasteiger partial charge in [0.2, 0.25) is 0 Å². The van der Waals surface area contributed by atoms with Crippen LogP contribution in [0.25, 0.3) is 17.2 Å². The summed E-state index contributed by atoms with van der Waals surface area (Å²) in [6.45, 7) is 4.91. The average molecular weight is 460 g/mol. The van der Waals surface area contributed by atoms with Crippen LogP contribution in [-0.2, 0) is 13.1 Å². The third-order valence-electron chi connectivity index (χ3n) is 5.20. The molecule has 0 aliphatic rings. The summed E-state index contributed by atoms with van der Waals surface area (Å²) in [7, 11) is 0. The Morgan fingerprint density at radius 3 is 2.88 bits per heavy atom. The third-order valence-corrected chi connectivity index (χ3v) is 5.43. The molecule has 0 spiro atoms. The fraction of sp³-hybridized carbons (Fsp3) is 0.167. The van der Waals surface area contributed by atoms with Crippen LogP contribution in [0, 0.1) is 0 Å². The minimum Gasteiger partial charge on any atom is -0.346 e. The molecule has 33 heavy (non-hydrogen) atoms. The fourth-order valence-corrected chi connectivity index (χ4v) is 3.87. The average Bonchev–Trinajstić information content (AvgIpc) is 3.49. The highest BCUT2D eigenvalue weighted by atomic mass is 35.5. The van der Waals surface area contributed by atoms with Gasteiger partial charge < -0.3 is 14.1 Å². The number of imidazole rings is 2. The second-order valence-electron chi connectivity index (χ2n) is 8.12. The molecule has 0 aliphatic carbocycles. The highest BCUT2D eigenvalue weighted by Gasteiger charge is 2.12. The number of carbonyl (C=O) groups excluding carboxylic acids is 1. The lowest BCUT2D eigenvalue weighted by Gasteiger charge is -2.02. The predicted molar refractivity (Wildman–Crippen MR) is 127 cm³/mol. The molecular formula is C24H22ClN7O. The molecule has 1 N–H and O–H groups in total. The van der Waals surface area contributed by atoms with Crippen molar-refractivity contribution in [2.24, 2.45) is 0 Å². The Kier molecular flexibility index (Phi) is 5.43.